The van der Waals surface area contributed by atoms with Crippen LogP contribution in [0.5, 0.6) is 0 Å². The molecule has 0 spiro atoms. The van der Waals surface area contributed by atoms with Gasteiger partial charge in [0.1, 0.15) is 0 Å². The number of nitrogens with zero attached hydrogens (tertiary/aromatic N) is 1. The number of hydrogen-bond donors (Lipinski definition) is 1. The van der Waals surface area contributed by atoms with Gasteiger partial charge in [-0.25, -0.2) is 0 Å². The fraction of sp³-hybridized carbons (Fsp3) is 0.471. The molecule has 3 fully saturated rings. The Bertz CT molecular complexity index is 644. The zero-order chi connectivity index (χ0) is 14.2. The molecule has 0 saturated carbocycles. The van der Waals surface area contributed by atoms with Gasteiger partial charge in [0, 0.05) is 22.8 Å². The van der Waals surface area contributed by atoms with Crippen molar-refractivity contribution in [3.8, 4) is 0 Å². The Morgan fingerprint density at radius 1 is 1.24 bits per heavy atom. The maximum atomic E-state index is 12.5. The van der Waals surface area contributed by atoms with E-state index in [1.54, 1.807) is 11.3 Å². The summed E-state index contributed by atoms with van der Waals surface area (Å²) in [6.45, 7) is 3.43. The van der Waals surface area contributed by atoms with Gasteiger partial charge in [0.25, 0.3) is 5.91 Å². The van der Waals surface area contributed by atoms with Crippen LogP contribution in [0.1, 0.15) is 29.6 Å². The Labute approximate surface area is 128 Å². The normalized spacial score (nSPS) is 28.5. The first-order valence-corrected chi connectivity index (χ1v) is 8.66. The summed E-state index contributed by atoms with van der Waals surface area (Å²) in [4.78, 5) is 15.0. The van der Waals surface area contributed by atoms with E-state index in [-0.39, 0.29) is 5.91 Å². The molecule has 5 rings (SSSR count). The lowest BCUT2D eigenvalue weighted by molar-refractivity contribution is 0.0929. The largest absolute Gasteiger partial charge is 0.348 e. The molecule has 1 aromatic heterocycles. The van der Waals surface area contributed by atoms with Crippen molar-refractivity contribution in [1.29, 1.82) is 0 Å². The molecule has 0 aliphatic carbocycles. The minimum Gasteiger partial charge on any atom is -0.348 e. The molecule has 1 atom stereocenters. The standard InChI is InChI=1S/C17H20N2OS/c20-17(14-2-1-13-5-8-21-16(13)10-14)18-15-9-12-3-6-19(11-15)7-4-12/h1-2,5,8,10,12,15H,3-4,6-7,9,11H2,(H,18,20)/t15-/m1/s1. The molecule has 0 radical (unpaired) electrons. The maximum Gasteiger partial charge on any atom is 0.251 e. The van der Waals surface area contributed by atoms with Crippen molar-refractivity contribution in [1.82, 2.24) is 10.2 Å². The molecule has 4 heteroatoms. The highest BCUT2D eigenvalue weighted by Crippen LogP contribution is 2.27. The smallest absolute Gasteiger partial charge is 0.251 e. The molecular weight excluding hydrogens is 280 g/mol. The Hall–Kier alpha value is -1.39. The molecule has 2 aromatic rings. The Morgan fingerprint density at radius 2 is 2.10 bits per heavy atom. The van der Waals surface area contributed by atoms with Crippen LogP contribution in [0.15, 0.2) is 29.6 Å². The summed E-state index contributed by atoms with van der Waals surface area (Å²) >= 11 is 1.69. The topological polar surface area (TPSA) is 32.3 Å². The van der Waals surface area contributed by atoms with Crippen LogP contribution in [0.25, 0.3) is 10.1 Å². The molecule has 3 nitrogen and oxygen atoms in total. The number of amides is 1. The van der Waals surface area contributed by atoms with E-state index in [0.29, 0.717) is 6.04 Å². The van der Waals surface area contributed by atoms with Gasteiger partial charge in [-0.05, 0) is 67.2 Å². The lowest BCUT2D eigenvalue weighted by Crippen LogP contribution is -2.41. The van der Waals surface area contributed by atoms with Gasteiger partial charge < -0.3 is 10.2 Å². The number of hydrogen-bond acceptors (Lipinski definition) is 3. The van der Waals surface area contributed by atoms with Gasteiger partial charge in [0.15, 0.2) is 0 Å². The molecule has 3 saturated heterocycles. The van der Waals surface area contributed by atoms with Crippen LogP contribution >= 0.6 is 11.3 Å². The quantitative estimate of drug-likeness (QED) is 0.924. The van der Waals surface area contributed by atoms with Gasteiger partial charge in [0.2, 0.25) is 0 Å². The Kier molecular flexibility index (Phi) is 3.43. The Morgan fingerprint density at radius 3 is 2.95 bits per heavy atom. The van der Waals surface area contributed by atoms with Crippen molar-refractivity contribution in [2.45, 2.75) is 25.3 Å². The second kappa shape index (κ2) is 5.43. The van der Waals surface area contributed by atoms with Crippen LogP contribution < -0.4 is 5.32 Å². The first-order chi connectivity index (χ1) is 10.3. The number of benzene rings is 1. The lowest BCUT2D eigenvalue weighted by atomic mass is 9.94. The molecule has 1 aromatic carbocycles. The second-order valence-corrected chi connectivity index (χ2v) is 7.27. The summed E-state index contributed by atoms with van der Waals surface area (Å²) in [6.07, 6.45) is 3.74. The molecular formula is C17H20N2OS. The van der Waals surface area contributed by atoms with Gasteiger partial charge in [-0.3, -0.25) is 4.79 Å². The van der Waals surface area contributed by atoms with Crippen molar-refractivity contribution in [3.05, 3.63) is 35.2 Å². The molecule has 3 aliphatic heterocycles. The number of carbonyl (C=O) groups excluding carboxylic acids is 1. The second-order valence-electron chi connectivity index (χ2n) is 6.32. The molecule has 110 valence electrons. The van der Waals surface area contributed by atoms with E-state index in [2.05, 4.69) is 21.7 Å². The van der Waals surface area contributed by atoms with Crippen molar-refractivity contribution >= 4 is 27.3 Å². The number of carbonyl (C=O) groups is 1. The number of thiophene rings is 1. The van der Waals surface area contributed by atoms with E-state index in [4.69, 9.17) is 0 Å². The maximum absolute atomic E-state index is 12.5. The summed E-state index contributed by atoms with van der Waals surface area (Å²) in [5.74, 6) is 0.881. The van der Waals surface area contributed by atoms with E-state index in [1.807, 2.05) is 18.2 Å². The molecule has 2 bridgehead atoms. The number of rotatable bonds is 2. The van der Waals surface area contributed by atoms with Gasteiger partial charge >= 0.3 is 0 Å². The monoisotopic (exact) mass is 300 g/mol. The Balaban J connectivity index is 1.49. The average Bonchev–Trinajstić information content (AvgIpc) is 2.78. The van der Waals surface area contributed by atoms with E-state index in [1.165, 1.54) is 36.0 Å². The van der Waals surface area contributed by atoms with E-state index in [0.717, 1.165) is 24.4 Å². The predicted octanol–water partition coefficient (Wildman–Crippen LogP) is 3.12. The number of piperidine rings is 1. The van der Waals surface area contributed by atoms with Gasteiger partial charge in [-0.1, -0.05) is 6.07 Å². The average molecular weight is 300 g/mol. The van der Waals surface area contributed by atoms with Crippen molar-refractivity contribution < 1.29 is 4.79 Å². The molecule has 1 N–H and O–H groups in total. The van der Waals surface area contributed by atoms with Crippen LogP contribution in [0, 0.1) is 5.92 Å². The predicted molar refractivity (Wildman–Crippen MR) is 86.9 cm³/mol. The van der Waals surface area contributed by atoms with Crippen LogP contribution in [0.4, 0.5) is 0 Å². The van der Waals surface area contributed by atoms with Gasteiger partial charge in [-0.2, -0.15) is 0 Å². The van der Waals surface area contributed by atoms with Crippen LogP contribution in [-0.2, 0) is 0 Å². The third-order valence-electron chi connectivity index (χ3n) is 4.86. The van der Waals surface area contributed by atoms with E-state index < -0.39 is 0 Å². The highest BCUT2D eigenvalue weighted by Gasteiger charge is 2.29. The van der Waals surface area contributed by atoms with Crippen LogP contribution in [0.2, 0.25) is 0 Å². The highest BCUT2D eigenvalue weighted by molar-refractivity contribution is 7.17. The zero-order valence-corrected chi connectivity index (χ0v) is 12.9. The molecule has 21 heavy (non-hydrogen) atoms. The summed E-state index contributed by atoms with van der Waals surface area (Å²) in [5, 5.41) is 6.55. The van der Waals surface area contributed by atoms with Crippen molar-refractivity contribution in [3.63, 3.8) is 0 Å². The zero-order valence-electron chi connectivity index (χ0n) is 12.0. The van der Waals surface area contributed by atoms with Crippen LogP contribution in [0.3, 0.4) is 0 Å². The molecule has 4 heterocycles. The summed E-state index contributed by atoms with van der Waals surface area (Å²) in [7, 11) is 0. The number of fused-ring (bicyclic) bond motifs is 5. The lowest BCUT2D eigenvalue weighted by Gasteiger charge is -2.26. The third kappa shape index (κ3) is 2.70. The minimum atomic E-state index is 0.0813. The molecule has 1 amide bonds. The first kappa shape index (κ1) is 13.3. The fourth-order valence-corrected chi connectivity index (χ4v) is 4.49. The fourth-order valence-electron chi connectivity index (χ4n) is 3.66. The molecule has 0 unspecified atom stereocenters. The highest BCUT2D eigenvalue weighted by atomic mass is 32.1. The summed E-state index contributed by atoms with van der Waals surface area (Å²) in [6, 6.07) is 8.40. The van der Waals surface area contributed by atoms with E-state index in [9.17, 15) is 4.79 Å². The van der Waals surface area contributed by atoms with Gasteiger partial charge in [0.05, 0.1) is 0 Å². The number of nitrogens with one attached hydrogen (secondary N) is 1. The summed E-state index contributed by atoms with van der Waals surface area (Å²) in [5.41, 5.74) is 0.788. The summed E-state index contributed by atoms with van der Waals surface area (Å²) < 4.78 is 1.19. The van der Waals surface area contributed by atoms with Crippen LogP contribution in [-0.4, -0.2) is 36.5 Å². The third-order valence-corrected chi connectivity index (χ3v) is 5.74. The van der Waals surface area contributed by atoms with Crippen molar-refractivity contribution in [2.75, 3.05) is 19.6 Å². The first-order valence-electron chi connectivity index (χ1n) is 7.78. The minimum absolute atomic E-state index is 0.0813. The van der Waals surface area contributed by atoms with Crippen molar-refractivity contribution in [2.24, 2.45) is 5.92 Å². The molecule has 3 aliphatic rings. The van der Waals surface area contributed by atoms with E-state index >= 15 is 0 Å². The SMILES string of the molecule is O=C(N[C@@H]1CC2CCN(CC2)C1)c1ccc2ccsc2c1. The van der Waals surface area contributed by atoms with Gasteiger partial charge in [-0.15, -0.1) is 11.3 Å².